The Morgan fingerprint density at radius 1 is 1.33 bits per heavy atom. The predicted octanol–water partition coefficient (Wildman–Crippen LogP) is 2.72. The number of hydrogen-bond acceptors (Lipinski definition) is 5. The molecule has 108 valence electrons. The summed E-state index contributed by atoms with van der Waals surface area (Å²) < 4.78 is 2.56. The Balaban J connectivity index is 1.85. The van der Waals surface area contributed by atoms with Gasteiger partial charge in [-0.15, -0.1) is 11.3 Å². The van der Waals surface area contributed by atoms with Gasteiger partial charge in [0.05, 0.1) is 28.6 Å². The summed E-state index contributed by atoms with van der Waals surface area (Å²) in [5.41, 5.74) is 1.58. The molecular formula is C15H16N4OS. The predicted molar refractivity (Wildman–Crippen MR) is 86.0 cm³/mol. The quantitative estimate of drug-likeness (QED) is 0.805. The number of aromatic nitrogens is 3. The Morgan fingerprint density at radius 2 is 2.14 bits per heavy atom. The molecule has 0 spiro atoms. The monoisotopic (exact) mass is 300 g/mol. The molecule has 3 aromatic rings. The van der Waals surface area contributed by atoms with Gasteiger partial charge in [0, 0.05) is 12.1 Å². The summed E-state index contributed by atoms with van der Waals surface area (Å²) in [7, 11) is 0. The number of benzene rings is 1. The number of hydrogen-bond donors (Lipinski definition) is 1. The van der Waals surface area contributed by atoms with Crippen LogP contribution < -0.4 is 10.9 Å². The molecule has 1 N–H and O–H groups in total. The van der Waals surface area contributed by atoms with Crippen LogP contribution in [0.4, 0.5) is 5.69 Å². The van der Waals surface area contributed by atoms with Crippen LogP contribution in [0, 0.1) is 0 Å². The number of nitrogens with zero attached hydrogens (tertiary/aromatic N) is 3. The van der Waals surface area contributed by atoms with Gasteiger partial charge in [0.15, 0.2) is 0 Å². The summed E-state index contributed by atoms with van der Waals surface area (Å²) in [5, 5.41) is 8.26. The average Bonchev–Trinajstić information content (AvgIpc) is 2.83. The van der Waals surface area contributed by atoms with Crippen molar-refractivity contribution in [3.63, 3.8) is 0 Å². The molecule has 0 atom stereocenters. The van der Waals surface area contributed by atoms with Crippen molar-refractivity contribution in [1.29, 1.82) is 0 Å². The largest absolute Gasteiger partial charge is 0.381 e. The summed E-state index contributed by atoms with van der Waals surface area (Å²) in [4.78, 5) is 16.6. The maximum Gasteiger partial charge on any atom is 0.269 e. The minimum Gasteiger partial charge on any atom is -0.381 e. The molecule has 0 unspecified atom stereocenters. The fourth-order valence-electron chi connectivity index (χ4n) is 2.08. The number of rotatable bonds is 4. The third kappa shape index (κ3) is 3.11. The van der Waals surface area contributed by atoms with E-state index in [1.807, 2.05) is 38.1 Å². The summed E-state index contributed by atoms with van der Waals surface area (Å²) in [5.74, 6) is 0. The zero-order valence-electron chi connectivity index (χ0n) is 11.9. The Morgan fingerprint density at radius 3 is 2.86 bits per heavy atom. The van der Waals surface area contributed by atoms with Crippen molar-refractivity contribution in [3.05, 3.63) is 51.9 Å². The van der Waals surface area contributed by atoms with E-state index in [9.17, 15) is 4.79 Å². The van der Waals surface area contributed by atoms with E-state index in [0.717, 1.165) is 20.9 Å². The van der Waals surface area contributed by atoms with Crippen molar-refractivity contribution in [2.45, 2.75) is 26.4 Å². The minimum absolute atomic E-state index is 0.125. The first-order valence-electron chi connectivity index (χ1n) is 6.80. The van der Waals surface area contributed by atoms with E-state index in [2.05, 4.69) is 15.4 Å². The summed E-state index contributed by atoms with van der Waals surface area (Å²) >= 11 is 1.59. The number of anilines is 1. The molecule has 0 amide bonds. The first-order valence-corrected chi connectivity index (χ1v) is 7.61. The molecule has 0 aliphatic heterocycles. The molecule has 0 saturated heterocycles. The van der Waals surface area contributed by atoms with E-state index in [-0.39, 0.29) is 11.6 Å². The Bertz CT molecular complexity index is 789. The molecule has 0 radical (unpaired) electrons. The summed E-state index contributed by atoms with van der Waals surface area (Å²) in [6.45, 7) is 4.44. The van der Waals surface area contributed by atoms with E-state index in [1.165, 1.54) is 4.68 Å². The maximum atomic E-state index is 12.1. The highest BCUT2D eigenvalue weighted by Gasteiger charge is 2.07. The van der Waals surface area contributed by atoms with Crippen LogP contribution in [0.1, 0.15) is 18.9 Å². The molecule has 5 nitrogen and oxygen atoms in total. The summed E-state index contributed by atoms with van der Waals surface area (Å²) in [6, 6.07) is 9.79. The van der Waals surface area contributed by atoms with Crippen LogP contribution in [0.2, 0.25) is 0 Å². The highest BCUT2D eigenvalue weighted by Crippen LogP contribution is 2.21. The van der Waals surface area contributed by atoms with Crippen LogP contribution in [0.5, 0.6) is 0 Å². The van der Waals surface area contributed by atoms with E-state index in [1.54, 1.807) is 23.6 Å². The third-order valence-electron chi connectivity index (χ3n) is 2.95. The highest BCUT2D eigenvalue weighted by atomic mass is 32.1. The lowest BCUT2D eigenvalue weighted by molar-refractivity contribution is 0.637. The second kappa shape index (κ2) is 5.65. The van der Waals surface area contributed by atoms with Gasteiger partial charge < -0.3 is 5.32 Å². The third-order valence-corrected chi connectivity index (χ3v) is 3.97. The van der Waals surface area contributed by atoms with Gasteiger partial charge >= 0.3 is 0 Å². The van der Waals surface area contributed by atoms with E-state index >= 15 is 0 Å². The molecule has 1 aromatic carbocycles. The zero-order valence-corrected chi connectivity index (χ0v) is 12.7. The highest BCUT2D eigenvalue weighted by molar-refractivity contribution is 7.18. The van der Waals surface area contributed by atoms with Crippen LogP contribution in [0.15, 0.2) is 41.3 Å². The fourth-order valence-corrected chi connectivity index (χ4v) is 3.03. The molecule has 21 heavy (non-hydrogen) atoms. The molecule has 0 saturated carbocycles. The molecule has 6 heteroatoms. The molecule has 3 rings (SSSR count). The lowest BCUT2D eigenvalue weighted by Crippen LogP contribution is -2.24. The Labute approximate surface area is 126 Å². The Hall–Kier alpha value is -2.21. The van der Waals surface area contributed by atoms with Crippen LogP contribution in [-0.2, 0) is 6.54 Å². The van der Waals surface area contributed by atoms with Crippen molar-refractivity contribution < 1.29 is 0 Å². The fraction of sp³-hybridized carbons (Fsp3) is 0.267. The van der Waals surface area contributed by atoms with E-state index in [0.29, 0.717) is 6.54 Å². The average molecular weight is 300 g/mol. The molecule has 0 bridgehead atoms. The standard InChI is InChI=1S/C15H16N4OS/c1-10(2)17-11-7-15(20)19(16-8-11)9-14-18-12-5-3-4-6-13(12)21-14/h3-8,10,17H,9H2,1-2H3. The molecule has 0 aliphatic rings. The molecular weight excluding hydrogens is 284 g/mol. The van der Waals surface area contributed by atoms with Gasteiger partial charge in [-0.2, -0.15) is 5.10 Å². The van der Waals surface area contributed by atoms with Gasteiger partial charge in [-0.3, -0.25) is 4.79 Å². The lowest BCUT2D eigenvalue weighted by Gasteiger charge is -2.09. The first kappa shape index (κ1) is 13.8. The first-order chi connectivity index (χ1) is 10.1. The van der Waals surface area contributed by atoms with Crippen molar-refractivity contribution in [2.24, 2.45) is 0 Å². The normalized spacial score (nSPS) is 11.2. The van der Waals surface area contributed by atoms with Crippen molar-refractivity contribution in [1.82, 2.24) is 14.8 Å². The topological polar surface area (TPSA) is 59.8 Å². The van der Waals surface area contributed by atoms with Gasteiger partial charge in [-0.25, -0.2) is 9.67 Å². The van der Waals surface area contributed by atoms with E-state index < -0.39 is 0 Å². The smallest absolute Gasteiger partial charge is 0.269 e. The zero-order chi connectivity index (χ0) is 14.8. The van der Waals surface area contributed by atoms with Gasteiger partial charge in [0.1, 0.15) is 5.01 Å². The van der Waals surface area contributed by atoms with Gasteiger partial charge in [-0.1, -0.05) is 12.1 Å². The lowest BCUT2D eigenvalue weighted by atomic mass is 10.3. The van der Waals surface area contributed by atoms with Gasteiger partial charge in [-0.05, 0) is 26.0 Å². The molecule has 2 aromatic heterocycles. The van der Waals surface area contributed by atoms with E-state index in [4.69, 9.17) is 0 Å². The second-order valence-corrected chi connectivity index (χ2v) is 6.23. The molecule has 0 aliphatic carbocycles. The van der Waals surface area contributed by atoms with Crippen molar-refractivity contribution >= 4 is 27.2 Å². The maximum absolute atomic E-state index is 12.1. The van der Waals surface area contributed by atoms with Crippen molar-refractivity contribution in [3.8, 4) is 0 Å². The van der Waals surface area contributed by atoms with Crippen LogP contribution in [-0.4, -0.2) is 20.8 Å². The number of nitrogens with one attached hydrogen (secondary N) is 1. The molecule has 2 heterocycles. The van der Waals surface area contributed by atoms with Gasteiger partial charge in [0.2, 0.25) is 0 Å². The van der Waals surface area contributed by atoms with Crippen LogP contribution >= 0.6 is 11.3 Å². The SMILES string of the molecule is CC(C)Nc1cnn(Cc2nc3ccccc3s2)c(=O)c1. The molecule has 0 fully saturated rings. The Kier molecular flexibility index (Phi) is 3.70. The van der Waals surface area contributed by atoms with Crippen molar-refractivity contribution in [2.75, 3.05) is 5.32 Å². The number of thiazole rings is 1. The summed E-state index contributed by atoms with van der Waals surface area (Å²) in [6.07, 6.45) is 1.68. The van der Waals surface area contributed by atoms with Crippen LogP contribution in [0.3, 0.4) is 0 Å². The number of para-hydroxylation sites is 1. The van der Waals surface area contributed by atoms with Gasteiger partial charge in [0.25, 0.3) is 5.56 Å². The number of fused-ring (bicyclic) bond motifs is 1. The van der Waals surface area contributed by atoms with Crippen LogP contribution in [0.25, 0.3) is 10.2 Å². The second-order valence-electron chi connectivity index (χ2n) is 5.11. The minimum atomic E-state index is -0.125.